The van der Waals surface area contributed by atoms with Crippen LogP contribution in [0.3, 0.4) is 0 Å². The van der Waals surface area contributed by atoms with Gasteiger partial charge in [0, 0.05) is 4.91 Å². The van der Waals surface area contributed by atoms with Crippen molar-refractivity contribution >= 4 is 23.6 Å². The second kappa shape index (κ2) is 2.26. The number of fused-ring (bicyclic) bond motifs is 1. The Hall–Kier alpha value is -0.970. The third-order valence-electron chi connectivity index (χ3n) is 2.00. The summed E-state index contributed by atoms with van der Waals surface area (Å²) in [4.78, 5) is 23.8. The van der Waals surface area contributed by atoms with Gasteiger partial charge in [-0.2, -0.15) is 0 Å². The molecule has 2 rings (SSSR count). The Labute approximate surface area is 73.2 Å². The van der Waals surface area contributed by atoms with E-state index in [1.165, 1.54) is 16.7 Å². The van der Waals surface area contributed by atoms with Crippen molar-refractivity contribution in [2.75, 3.05) is 0 Å². The number of carbonyl (C=O) groups is 2. The number of carbonyl (C=O) groups excluding carboxylic acids is 1. The van der Waals surface area contributed by atoms with Crippen LogP contribution >= 0.6 is 11.8 Å². The van der Waals surface area contributed by atoms with Gasteiger partial charge in [-0.3, -0.25) is 9.69 Å². The first-order chi connectivity index (χ1) is 5.61. The van der Waals surface area contributed by atoms with E-state index in [4.69, 9.17) is 5.11 Å². The Bertz CT molecular complexity index is 310. The van der Waals surface area contributed by atoms with Crippen LogP contribution in [0.1, 0.15) is 13.3 Å². The molecule has 0 saturated carbocycles. The Kier molecular flexibility index (Phi) is 1.44. The minimum absolute atomic E-state index is 0.0589. The number of aliphatic carboxylic acids is 1. The van der Waals surface area contributed by atoms with E-state index < -0.39 is 5.97 Å². The number of rotatable bonds is 1. The van der Waals surface area contributed by atoms with E-state index >= 15 is 0 Å². The lowest BCUT2D eigenvalue weighted by Crippen LogP contribution is -2.48. The van der Waals surface area contributed by atoms with Gasteiger partial charge in [0.15, 0.2) is 0 Å². The van der Waals surface area contributed by atoms with Crippen molar-refractivity contribution in [2.45, 2.75) is 18.7 Å². The summed E-state index contributed by atoms with van der Waals surface area (Å²) in [6, 6.07) is 0. The maximum Gasteiger partial charge on any atom is 0.353 e. The van der Waals surface area contributed by atoms with Crippen LogP contribution in [-0.4, -0.2) is 27.3 Å². The van der Waals surface area contributed by atoms with E-state index in [0.29, 0.717) is 6.42 Å². The molecule has 2 aliphatic heterocycles. The summed E-state index contributed by atoms with van der Waals surface area (Å²) in [5.74, 6) is -1.09. The molecule has 0 aromatic rings. The summed E-state index contributed by atoms with van der Waals surface area (Å²) in [6.45, 7) is 1.74. The molecule has 2 aliphatic rings. The highest BCUT2D eigenvalue weighted by Gasteiger charge is 2.47. The number of nitrogens with zero attached hydrogens (tertiary/aromatic N) is 1. The quantitative estimate of drug-likeness (QED) is 0.608. The summed E-state index contributed by atoms with van der Waals surface area (Å²) >= 11 is 1.46. The number of carboxylic acid groups (broad SMARTS) is 1. The predicted molar refractivity (Wildman–Crippen MR) is 43.2 cm³/mol. The fourth-order valence-corrected chi connectivity index (χ4v) is 2.69. The lowest BCUT2D eigenvalue weighted by atomic mass is 10.1. The molecule has 1 amide bonds. The van der Waals surface area contributed by atoms with Crippen LogP contribution in [0.2, 0.25) is 0 Å². The molecule has 0 bridgehead atoms. The fourth-order valence-electron chi connectivity index (χ4n) is 1.43. The largest absolute Gasteiger partial charge is 0.477 e. The molecule has 1 atom stereocenters. The van der Waals surface area contributed by atoms with Crippen molar-refractivity contribution in [3.63, 3.8) is 0 Å². The van der Waals surface area contributed by atoms with Crippen molar-refractivity contribution in [3.05, 3.63) is 10.6 Å². The van der Waals surface area contributed by atoms with Gasteiger partial charge in [-0.05, 0) is 6.92 Å². The lowest BCUT2D eigenvalue weighted by Gasteiger charge is -2.33. The van der Waals surface area contributed by atoms with Gasteiger partial charge in [0.25, 0.3) is 0 Å². The molecule has 1 saturated heterocycles. The second-order valence-electron chi connectivity index (χ2n) is 2.75. The van der Waals surface area contributed by atoms with E-state index in [2.05, 4.69) is 0 Å². The number of β-lactam (4-membered cyclic amide) rings is 1. The normalized spacial score (nSPS) is 27.2. The third-order valence-corrected chi connectivity index (χ3v) is 3.19. The monoisotopic (exact) mass is 185 g/mol. The van der Waals surface area contributed by atoms with Gasteiger partial charge in [-0.25, -0.2) is 4.79 Å². The van der Waals surface area contributed by atoms with Crippen LogP contribution < -0.4 is 0 Å². The molecule has 64 valence electrons. The third kappa shape index (κ3) is 0.797. The first kappa shape index (κ1) is 7.67. The minimum atomic E-state index is -1.00. The van der Waals surface area contributed by atoms with Gasteiger partial charge < -0.3 is 5.11 Å². The zero-order chi connectivity index (χ0) is 8.88. The highest BCUT2D eigenvalue weighted by atomic mass is 32.2. The lowest BCUT2D eigenvalue weighted by molar-refractivity contribution is -0.145. The first-order valence-electron chi connectivity index (χ1n) is 3.54. The molecule has 0 spiro atoms. The fraction of sp³-hybridized carbons (Fsp3) is 0.429. The average molecular weight is 185 g/mol. The van der Waals surface area contributed by atoms with Gasteiger partial charge in [0.05, 0.1) is 11.8 Å². The Morgan fingerprint density at radius 2 is 2.42 bits per heavy atom. The molecule has 0 aliphatic carbocycles. The SMILES string of the molecule is CC1=C(C(=O)O)N2C(=O)CC2S1. The molecule has 0 radical (unpaired) electrons. The van der Waals surface area contributed by atoms with Crippen LogP contribution in [0, 0.1) is 0 Å². The van der Waals surface area contributed by atoms with Gasteiger partial charge in [-0.15, -0.1) is 11.8 Å². The summed E-state index contributed by atoms with van der Waals surface area (Å²) in [7, 11) is 0. The molecule has 1 unspecified atom stereocenters. The van der Waals surface area contributed by atoms with Crippen LogP contribution in [0.25, 0.3) is 0 Å². The van der Waals surface area contributed by atoms with E-state index in [-0.39, 0.29) is 17.0 Å². The van der Waals surface area contributed by atoms with Crippen LogP contribution in [0.15, 0.2) is 10.6 Å². The van der Waals surface area contributed by atoms with E-state index in [9.17, 15) is 9.59 Å². The predicted octanol–water partition coefficient (Wildman–Crippen LogP) is 0.608. The molecule has 1 fully saturated rings. The number of allylic oxidation sites excluding steroid dienone is 1. The zero-order valence-electron chi connectivity index (χ0n) is 6.40. The average Bonchev–Trinajstić information content (AvgIpc) is 2.22. The summed E-state index contributed by atoms with van der Waals surface area (Å²) in [6.07, 6.45) is 0.471. The van der Waals surface area contributed by atoms with Crippen molar-refractivity contribution in [3.8, 4) is 0 Å². The summed E-state index contributed by atoms with van der Waals surface area (Å²) in [5.41, 5.74) is 0.168. The Balaban J connectivity index is 2.34. The number of hydrogen-bond acceptors (Lipinski definition) is 3. The minimum Gasteiger partial charge on any atom is -0.477 e. The molecule has 4 nitrogen and oxygen atoms in total. The molecule has 1 N–H and O–H groups in total. The van der Waals surface area contributed by atoms with Crippen LogP contribution in [-0.2, 0) is 9.59 Å². The van der Waals surface area contributed by atoms with Crippen molar-refractivity contribution in [1.82, 2.24) is 4.90 Å². The van der Waals surface area contributed by atoms with Gasteiger partial charge in [-0.1, -0.05) is 0 Å². The Morgan fingerprint density at radius 3 is 2.83 bits per heavy atom. The van der Waals surface area contributed by atoms with E-state index in [1.807, 2.05) is 0 Å². The van der Waals surface area contributed by atoms with Crippen molar-refractivity contribution in [1.29, 1.82) is 0 Å². The van der Waals surface area contributed by atoms with Crippen LogP contribution in [0.4, 0.5) is 0 Å². The highest BCUT2D eigenvalue weighted by molar-refractivity contribution is 8.04. The van der Waals surface area contributed by atoms with E-state index in [1.54, 1.807) is 6.92 Å². The number of hydrogen-bond donors (Lipinski definition) is 1. The zero-order valence-corrected chi connectivity index (χ0v) is 7.22. The smallest absolute Gasteiger partial charge is 0.353 e. The summed E-state index contributed by atoms with van der Waals surface area (Å²) in [5, 5.41) is 8.82. The molecular formula is C7H7NO3S. The number of thioether (sulfide) groups is 1. The molecular weight excluding hydrogens is 178 g/mol. The maximum atomic E-state index is 11.0. The molecule has 2 heterocycles. The van der Waals surface area contributed by atoms with Crippen LogP contribution in [0.5, 0.6) is 0 Å². The molecule has 0 aromatic carbocycles. The van der Waals surface area contributed by atoms with E-state index in [0.717, 1.165) is 4.91 Å². The standard InChI is InChI=1S/C7H7NO3S/c1-3-6(7(10)11)8-4(9)2-5(8)12-3/h5H,2H2,1H3,(H,10,11). The number of amides is 1. The van der Waals surface area contributed by atoms with Crippen molar-refractivity contribution < 1.29 is 14.7 Å². The maximum absolute atomic E-state index is 11.0. The Morgan fingerprint density at radius 1 is 1.75 bits per heavy atom. The molecule has 5 heteroatoms. The van der Waals surface area contributed by atoms with Gasteiger partial charge in [0.2, 0.25) is 5.91 Å². The number of carboxylic acids is 1. The molecule has 0 aromatic heterocycles. The van der Waals surface area contributed by atoms with Crippen molar-refractivity contribution in [2.24, 2.45) is 0 Å². The first-order valence-corrected chi connectivity index (χ1v) is 4.42. The second-order valence-corrected chi connectivity index (χ2v) is 4.14. The van der Waals surface area contributed by atoms with Gasteiger partial charge in [0.1, 0.15) is 5.70 Å². The van der Waals surface area contributed by atoms with Gasteiger partial charge >= 0.3 is 5.97 Å². The molecule has 12 heavy (non-hydrogen) atoms. The topological polar surface area (TPSA) is 57.6 Å². The highest BCUT2D eigenvalue weighted by Crippen LogP contribution is 2.45. The summed E-state index contributed by atoms with van der Waals surface area (Å²) < 4.78 is 0.